The van der Waals surface area contributed by atoms with Crippen LogP contribution in [0.3, 0.4) is 0 Å². The van der Waals surface area contributed by atoms with Crippen LogP contribution in [-0.2, 0) is 11.3 Å². The largest absolute Gasteiger partial charge is 0.369 e. The number of nitrogens with one attached hydrogen (secondary N) is 1. The van der Waals surface area contributed by atoms with E-state index in [1.54, 1.807) is 11.0 Å². The summed E-state index contributed by atoms with van der Waals surface area (Å²) in [4.78, 5) is 23.0. The zero-order valence-corrected chi connectivity index (χ0v) is 10.6. The SMILES string of the molecule is CCN(CC(N)=O)Cc1ccc(NN)c([N+](=O)[O-])c1. The molecule has 1 aromatic carbocycles. The van der Waals surface area contributed by atoms with Gasteiger partial charge in [0, 0.05) is 12.6 Å². The molecule has 0 radical (unpaired) electrons. The lowest BCUT2D eigenvalue weighted by atomic mass is 10.1. The second kappa shape index (κ2) is 6.66. The molecule has 8 nitrogen and oxygen atoms in total. The van der Waals surface area contributed by atoms with Crippen LogP contribution in [-0.4, -0.2) is 28.8 Å². The predicted octanol–water partition coefficient (Wildman–Crippen LogP) is 0.188. The van der Waals surface area contributed by atoms with E-state index in [-0.39, 0.29) is 17.9 Å². The molecule has 5 N–H and O–H groups in total. The van der Waals surface area contributed by atoms with E-state index >= 15 is 0 Å². The van der Waals surface area contributed by atoms with E-state index in [0.717, 1.165) is 0 Å². The summed E-state index contributed by atoms with van der Waals surface area (Å²) in [6.07, 6.45) is 0. The molecule has 0 atom stereocenters. The van der Waals surface area contributed by atoms with Crippen molar-refractivity contribution in [3.8, 4) is 0 Å². The van der Waals surface area contributed by atoms with Crippen molar-refractivity contribution in [2.24, 2.45) is 11.6 Å². The molecular formula is C11H17N5O3. The summed E-state index contributed by atoms with van der Waals surface area (Å²) in [6.45, 7) is 3.02. The third-order valence-electron chi connectivity index (χ3n) is 2.65. The Bertz CT molecular complexity index is 477. The first-order valence-electron chi connectivity index (χ1n) is 5.72. The molecule has 1 aromatic rings. The molecule has 0 unspecified atom stereocenters. The van der Waals surface area contributed by atoms with Crippen LogP contribution in [0.1, 0.15) is 12.5 Å². The van der Waals surface area contributed by atoms with Gasteiger partial charge in [0.2, 0.25) is 5.91 Å². The van der Waals surface area contributed by atoms with Gasteiger partial charge in [-0.15, -0.1) is 0 Å². The Kier molecular flexibility index (Phi) is 5.22. The van der Waals surface area contributed by atoms with E-state index in [2.05, 4.69) is 5.43 Å². The lowest BCUT2D eigenvalue weighted by Gasteiger charge is -2.18. The number of likely N-dealkylation sites (N-methyl/N-ethyl adjacent to an activating group) is 1. The Morgan fingerprint density at radius 3 is 2.68 bits per heavy atom. The molecule has 0 bridgehead atoms. The zero-order valence-electron chi connectivity index (χ0n) is 10.6. The second-order valence-electron chi connectivity index (χ2n) is 4.02. The molecule has 0 aromatic heterocycles. The summed E-state index contributed by atoms with van der Waals surface area (Å²) in [7, 11) is 0. The number of hydrogen-bond donors (Lipinski definition) is 3. The van der Waals surface area contributed by atoms with Gasteiger partial charge in [-0.2, -0.15) is 0 Å². The van der Waals surface area contributed by atoms with Gasteiger partial charge in [0.15, 0.2) is 0 Å². The maximum atomic E-state index is 10.9. The number of amides is 1. The van der Waals surface area contributed by atoms with Crippen molar-refractivity contribution in [1.82, 2.24) is 4.90 Å². The molecule has 0 saturated heterocycles. The van der Waals surface area contributed by atoms with E-state index in [1.807, 2.05) is 6.92 Å². The van der Waals surface area contributed by atoms with Gasteiger partial charge in [-0.3, -0.25) is 25.7 Å². The number of nitro benzene ring substituents is 1. The van der Waals surface area contributed by atoms with Gasteiger partial charge in [-0.1, -0.05) is 13.0 Å². The third kappa shape index (κ3) is 4.19. The molecular weight excluding hydrogens is 250 g/mol. The Hall–Kier alpha value is -2.19. The van der Waals surface area contributed by atoms with Gasteiger partial charge >= 0.3 is 0 Å². The normalized spacial score (nSPS) is 10.5. The smallest absolute Gasteiger partial charge is 0.293 e. The number of primary amides is 1. The molecule has 0 fully saturated rings. The fraction of sp³-hybridized carbons (Fsp3) is 0.364. The zero-order chi connectivity index (χ0) is 14.4. The molecule has 8 heteroatoms. The van der Waals surface area contributed by atoms with Crippen LogP contribution in [0.15, 0.2) is 18.2 Å². The molecule has 104 valence electrons. The first-order valence-corrected chi connectivity index (χ1v) is 5.72. The van der Waals surface area contributed by atoms with Crippen LogP contribution in [0, 0.1) is 10.1 Å². The monoisotopic (exact) mass is 267 g/mol. The Balaban J connectivity index is 2.92. The van der Waals surface area contributed by atoms with Gasteiger partial charge < -0.3 is 11.2 Å². The van der Waals surface area contributed by atoms with Crippen LogP contribution in [0.2, 0.25) is 0 Å². The second-order valence-corrected chi connectivity index (χ2v) is 4.02. The average molecular weight is 267 g/mol. The van der Waals surface area contributed by atoms with E-state index in [0.29, 0.717) is 18.7 Å². The predicted molar refractivity (Wildman–Crippen MR) is 71.1 cm³/mol. The van der Waals surface area contributed by atoms with Crippen molar-refractivity contribution in [1.29, 1.82) is 0 Å². The van der Waals surface area contributed by atoms with E-state index in [9.17, 15) is 14.9 Å². The van der Waals surface area contributed by atoms with E-state index in [1.165, 1.54) is 12.1 Å². The number of nitrogens with zero attached hydrogens (tertiary/aromatic N) is 2. The standard InChI is InChI=1S/C11H17N5O3/c1-2-15(7-11(12)17)6-8-3-4-9(14-13)10(5-8)16(18)19/h3-5,14H,2,6-7,13H2,1H3,(H2,12,17). The number of nitrogens with two attached hydrogens (primary N) is 2. The molecule has 0 aliphatic carbocycles. The molecule has 19 heavy (non-hydrogen) atoms. The van der Waals surface area contributed by atoms with E-state index < -0.39 is 10.8 Å². The Morgan fingerprint density at radius 2 is 2.21 bits per heavy atom. The van der Waals surface area contributed by atoms with Gasteiger partial charge in [-0.05, 0) is 18.2 Å². The van der Waals surface area contributed by atoms with Gasteiger partial charge in [-0.25, -0.2) is 0 Å². The minimum absolute atomic E-state index is 0.102. The maximum Gasteiger partial charge on any atom is 0.293 e. The summed E-state index contributed by atoms with van der Waals surface area (Å²) in [5.74, 6) is 4.77. The third-order valence-corrected chi connectivity index (χ3v) is 2.65. The number of carbonyl (C=O) groups excluding carboxylic acids is 1. The first kappa shape index (κ1) is 14.9. The minimum atomic E-state index is -0.511. The molecule has 0 aliphatic heterocycles. The van der Waals surface area contributed by atoms with Crippen molar-refractivity contribution >= 4 is 17.3 Å². The van der Waals surface area contributed by atoms with Crippen LogP contribution >= 0.6 is 0 Å². The number of anilines is 1. The number of nitrogen functional groups attached to an aromatic ring is 1. The number of carbonyl (C=O) groups is 1. The van der Waals surface area contributed by atoms with Crippen LogP contribution < -0.4 is 17.0 Å². The van der Waals surface area contributed by atoms with Gasteiger partial charge in [0.1, 0.15) is 5.69 Å². The number of benzene rings is 1. The maximum absolute atomic E-state index is 10.9. The summed E-state index contributed by atoms with van der Waals surface area (Å²) in [5, 5.41) is 10.9. The van der Waals surface area contributed by atoms with Crippen LogP contribution in [0.4, 0.5) is 11.4 Å². The van der Waals surface area contributed by atoms with Crippen molar-refractivity contribution in [2.75, 3.05) is 18.5 Å². The Labute approximate surface area is 110 Å². The van der Waals surface area contributed by atoms with Crippen molar-refractivity contribution in [2.45, 2.75) is 13.5 Å². The topological polar surface area (TPSA) is 128 Å². The highest BCUT2D eigenvalue weighted by Crippen LogP contribution is 2.25. The average Bonchev–Trinajstić information content (AvgIpc) is 2.37. The lowest BCUT2D eigenvalue weighted by molar-refractivity contribution is -0.384. The quantitative estimate of drug-likeness (QED) is 0.367. The number of hydrazine groups is 1. The number of hydrogen-bond acceptors (Lipinski definition) is 6. The summed E-state index contributed by atoms with van der Waals surface area (Å²) >= 11 is 0. The molecule has 0 spiro atoms. The number of nitro groups is 1. The van der Waals surface area contributed by atoms with Crippen LogP contribution in [0.5, 0.6) is 0 Å². The summed E-state index contributed by atoms with van der Waals surface area (Å²) < 4.78 is 0. The van der Waals surface area contributed by atoms with Crippen LogP contribution in [0.25, 0.3) is 0 Å². The molecule has 0 heterocycles. The number of rotatable bonds is 7. The molecule has 0 saturated carbocycles. The Morgan fingerprint density at radius 1 is 1.53 bits per heavy atom. The molecule has 1 amide bonds. The fourth-order valence-electron chi connectivity index (χ4n) is 1.71. The van der Waals surface area contributed by atoms with Gasteiger partial charge in [0.25, 0.3) is 5.69 Å². The summed E-state index contributed by atoms with van der Waals surface area (Å²) in [5.41, 5.74) is 8.26. The highest BCUT2D eigenvalue weighted by Gasteiger charge is 2.15. The van der Waals surface area contributed by atoms with Crippen molar-refractivity contribution in [3.05, 3.63) is 33.9 Å². The first-order chi connectivity index (χ1) is 8.97. The molecule has 0 aliphatic rings. The summed E-state index contributed by atoms with van der Waals surface area (Å²) in [6, 6.07) is 4.68. The van der Waals surface area contributed by atoms with E-state index in [4.69, 9.17) is 11.6 Å². The lowest BCUT2D eigenvalue weighted by Crippen LogP contribution is -2.33. The minimum Gasteiger partial charge on any atom is -0.369 e. The highest BCUT2D eigenvalue weighted by molar-refractivity contribution is 5.75. The highest BCUT2D eigenvalue weighted by atomic mass is 16.6. The van der Waals surface area contributed by atoms with Gasteiger partial charge in [0.05, 0.1) is 11.5 Å². The van der Waals surface area contributed by atoms with Crippen molar-refractivity contribution in [3.63, 3.8) is 0 Å². The fourth-order valence-corrected chi connectivity index (χ4v) is 1.71. The van der Waals surface area contributed by atoms with Crippen molar-refractivity contribution < 1.29 is 9.72 Å². The molecule has 1 rings (SSSR count).